The molecule has 1 aromatic rings. The normalized spacial score (nSPS) is 32.9. The van der Waals surface area contributed by atoms with Gasteiger partial charge in [0.15, 0.2) is 23.7 Å². The number of piperidine rings is 1. The molecule has 5 atom stereocenters. The van der Waals surface area contributed by atoms with Crippen LogP contribution in [0, 0.1) is 0 Å². The van der Waals surface area contributed by atoms with Crippen molar-refractivity contribution in [2.45, 2.75) is 75.2 Å². The minimum Gasteiger partial charge on any atom is -0.504 e. The minimum atomic E-state index is -1.12. The number of likely N-dealkylation sites (N-methyl/N-ethyl adjacent to an activating group) is 1. The smallest absolute Gasteiger partial charge is 0.352 e. The van der Waals surface area contributed by atoms with Gasteiger partial charge in [0.2, 0.25) is 0 Å². The lowest BCUT2D eigenvalue weighted by Crippen LogP contribution is -2.74. The Bertz CT molecular complexity index is 1020. The molecule has 5 rings (SSSR count). The number of nitrogens with zero attached hydrogens (tertiary/aromatic N) is 1. The molecule has 0 saturated carbocycles. The first-order valence-corrected chi connectivity index (χ1v) is 11.3. The molecule has 172 valence electrons. The van der Waals surface area contributed by atoms with Gasteiger partial charge in [-0.25, -0.2) is 4.79 Å². The number of rotatable bonds is 5. The predicted molar refractivity (Wildman–Crippen MR) is 113 cm³/mol. The van der Waals surface area contributed by atoms with Crippen molar-refractivity contribution < 1.29 is 34.0 Å². The Hall–Kier alpha value is -2.58. The average molecular weight is 443 g/mol. The first-order valence-electron chi connectivity index (χ1n) is 11.3. The van der Waals surface area contributed by atoms with Gasteiger partial charge < -0.3 is 29.3 Å². The third kappa shape index (κ3) is 2.69. The number of carbonyl (C=O) groups excluding carboxylic acids is 2. The molecule has 2 unspecified atom stereocenters. The van der Waals surface area contributed by atoms with E-state index in [4.69, 9.17) is 14.2 Å². The second-order valence-corrected chi connectivity index (χ2v) is 9.41. The number of benzene rings is 1. The molecule has 1 spiro atoms. The van der Waals surface area contributed by atoms with Crippen LogP contribution in [0.4, 0.5) is 0 Å². The Morgan fingerprint density at radius 2 is 2.16 bits per heavy atom. The molecule has 2 bridgehead atoms. The highest BCUT2D eigenvalue weighted by Crippen LogP contribution is 2.65. The molecule has 1 fully saturated rings. The number of carbonyl (C=O) groups is 2. The standard InChI is InChI=1S/C24H29NO7/c1-4-5-18(27)30-13(2)22(28)31-16-8-9-24(29)17-12-14-6-7-15(26)20-19(14)23(24,21(16)32-20)10-11-25(17)3/h6-8,13,17,21,26,29H,4-5,9-12H2,1-3H3/t13-,17+,21?,23?,24+/m0/s1. The van der Waals surface area contributed by atoms with E-state index >= 15 is 0 Å². The van der Waals surface area contributed by atoms with Gasteiger partial charge in [0.1, 0.15) is 5.76 Å². The van der Waals surface area contributed by atoms with E-state index in [2.05, 4.69) is 4.90 Å². The fourth-order valence-corrected chi connectivity index (χ4v) is 6.14. The van der Waals surface area contributed by atoms with Crippen LogP contribution in [0.5, 0.6) is 11.5 Å². The highest BCUT2D eigenvalue weighted by atomic mass is 16.6. The van der Waals surface area contributed by atoms with E-state index < -0.39 is 35.2 Å². The van der Waals surface area contributed by atoms with Gasteiger partial charge in [-0.3, -0.25) is 4.79 Å². The van der Waals surface area contributed by atoms with Crippen LogP contribution < -0.4 is 4.74 Å². The van der Waals surface area contributed by atoms with E-state index in [-0.39, 0.29) is 18.2 Å². The van der Waals surface area contributed by atoms with Crippen molar-refractivity contribution in [2.24, 2.45) is 0 Å². The van der Waals surface area contributed by atoms with Gasteiger partial charge in [0.25, 0.3) is 0 Å². The number of likely N-dealkylation sites (tertiary alicyclic amines) is 1. The van der Waals surface area contributed by atoms with Crippen LogP contribution in [-0.2, 0) is 30.9 Å². The predicted octanol–water partition coefficient (Wildman–Crippen LogP) is 1.94. The summed E-state index contributed by atoms with van der Waals surface area (Å²) in [6, 6.07) is 3.40. The summed E-state index contributed by atoms with van der Waals surface area (Å²) in [5.41, 5.74) is -0.0705. The van der Waals surface area contributed by atoms with Gasteiger partial charge in [0.05, 0.1) is 11.0 Å². The van der Waals surface area contributed by atoms with Crippen LogP contribution in [0.1, 0.15) is 50.7 Å². The zero-order chi connectivity index (χ0) is 22.8. The first kappa shape index (κ1) is 21.3. The summed E-state index contributed by atoms with van der Waals surface area (Å²) in [6.45, 7) is 4.08. The van der Waals surface area contributed by atoms with E-state index in [1.807, 2.05) is 20.0 Å². The summed E-state index contributed by atoms with van der Waals surface area (Å²) in [5.74, 6) is -0.469. The third-order valence-electron chi connectivity index (χ3n) is 7.67. The van der Waals surface area contributed by atoms with Gasteiger partial charge in [0, 0.05) is 24.4 Å². The summed E-state index contributed by atoms with van der Waals surface area (Å²) >= 11 is 0. The number of aromatic hydroxyl groups is 1. The fourth-order valence-electron chi connectivity index (χ4n) is 6.14. The number of phenolic OH excluding ortho intramolecular Hbond substituents is 1. The number of esters is 2. The average Bonchev–Trinajstić information content (AvgIpc) is 3.10. The van der Waals surface area contributed by atoms with Crippen LogP contribution in [0.15, 0.2) is 24.0 Å². The molecule has 2 heterocycles. The maximum Gasteiger partial charge on any atom is 0.352 e. The summed E-state index contributed by atoms with van der Waals surface area (Å²) in [4.78, 5) is 26.7. The largest absolute Gasteiger partial charge is 0.504 e. The first-order chi connectivity index (χ1) is 15.2. The van der Waals surface area contributed by atoms with E-state index in [9.17, 15) is 19.8 Å². The Balaban J connectivity index is 1.51. The van der Waals surface area contributed by atoms with Gasteiger partial charge in [-0.2, -0.15) is 0 Å². The van der Waals surface area contributed by atoms with Gasteiger partial charge in [-0.15, -0.1) is 0 Å². The molecule has 2 aliphatic carbocycles. The van der Waals surface area contributed by atoms with Crippen LogP contribution in [0.25, 0.3) is 0 Å². The topological polar surface area (TPSA) is 106 Å². The lowest BCUT2D eigenvalue weighted by atomic mass is 9.50. The molecule has 0 radical (unpaired) electrons. The monoisotopic (exact) mass is 443 g/mol. The summed E-state index contributed by atoms with van der Waals surface area (Å²) in [5, 5.41) is 22.6. The fraction of sp³-hybridized carbons (Fsp3) is 0.583. The highest BCUT2D eigenvalue weighted by molar-refractivity contribution is 5.80. The van der Waals surface area contributed by atoms with E-state index in [1.54, 1.807) is 12.1 Å². The van der Waals surface area contributed by atoms with Gasteiger partial charge in [-0.05, 0) is 57.5 Å². The van der Waals surface area contributed by atoms with Crippen LogP contribution in [0.2, 0.25) is 0 Å². The molecule has 4 aliphatic rings. The zero-order valence-corrected chi connectivity index (χ0v) is 18.6. The summed E-state index contributed by atoms with van der Waals surface area (Å²) in [6.07, 6.45) is 2.31. The number of ether oxygens (including phenoxy) is 3. The maximum atomic E-state index is 12.7. The summed E-state index contributed by atoms with van der Waals surface area (Å²) < 4.78 is 17.1. The zero-order valence-electron chi connectivity index (χ0n) is 18.6. The molecule has 0 aromatic heterocycles. The number of hydrogen-bond donors (Lipinski definition) is 2. The molecule has 1 aromatic carbocycles. The molecule has 2 N–H and O–H groups in total. The van der Waals surface area contributed by atoms with Crippen molar-refractivity contribution in [1.29, 1.82) is 0 Å². The second-order valence-electron chi connectivity index (χ2n) is 9.41. The molecular formula is C24H29NO7. The lowest BCUT2D eigenvalue weighted by molar-refractivity contribution is -0.175. The number of phenols is 1. The van der Waals surface area contributed by atoms with E-state index in [1.165, 1.54) is 6.92 Å². The molecule has 8 heteroatoms. The van der Waals surface area contributed by atoms with Crippen molar-refractivity contribution in [3.63, 3.8) is 0 Å². The minimum absolute atomic E-state index is 0.0137. The Morgan fingerprint density at radius 3 is 2.91 bits per heavy atom. The third-order valence-corrected chi connectivity index (χ3v) is 7.67. The quantitative estimate of drug-likeness (QED) is 0.666. The van der Waals surface area contributed by atoms with Gasteiger partial charge >= 0.3 is 11.9 Å². The Kier molecular flexibility index (Phi) is 4.80. The van der Waals surface area contributed by atoms with Crippen molar-refractivity contribution in [3.05, 3.63) is 35.1 Å². The molecular weight excluding hydrogens is 414 g/mol. The van der Waals surface area contributed by atoms with Crippen LogP contribution in [0.3, 0.4) is 0 Å². The summed E-state index contributed by atoms with van der Waals surface area (Å²) in [7, 11) is 2.01. The van der Waals surface area contributed by atoms with Crippen molar-refractivity contribution >= 4 is 11.9 Å². The van der Waals surface area contributed by atoms with E-state index in [0.29, 0.717) is 37.2 Å². The lowest BCUT2D eigenvalue weighted by Gasteiger charge is -2.61. The SMILES string of the molecule is CCCC(=O)O[C@@H](C)C(=O)OC1=CC[C@@]2(O)[C@H]3Cc4ccc(O)c5c4C2(CCN3C)C1O5. The Morgan fingerprint density at radius 1 is 1.38 bits per heavy atom. The highest BCUT2D eigenvalue weighted by Gasteiger charge is 2.72. The maximum absolute atomic E-state index is 12.7. The van der Waals surface area contributed by atoms with Crippen molar-refractivity contribution in [3.8, 4) is 11.5 Å². The number of hydrogen-bond acceptors (Lipinski definition) is 8. The molecule has 2 aliphatic heterocycles. The van der Waals surface area contributed by atoms with Crippen molar-refractivity contribution in [2.75, 3.05) is 13.6 Å². The molecule has 32 heavy (non-hydrogen) atoms. The molecule has 8 nitrogen and oxygen atoms in total. The van der Waals surface area contributed by atoms with Crippen LogP contribution >= 0.6 is 0 Å². The second kappa shape index (κ2) is 7.22. The molecule has 0 amide bonds. The molecule has 1 saturated heterocycles. The van der Waals surface area contributed by atoms with E-state index in [0.717, 1.165) is 17.7 Å². The Labute approximate surface area is 186 Å². The van der Waals surface area contributed by atoms with Crippen LogP contribution in [-0.4, -0.2) is 64.5 Å². The number of aliphatic hydroxyl groups is 1. The van der Waals surface area contributed by atoms with Gasteiger partial charge in [-0.1, -0.05) is 13.0 Å². The van der Waals surface area contributed by atoms with Crippen molar-refractivity contribution in [1.82, 2.24) is 4.90 Å².